The van der Waals surface area contributed by atoms with Crippen LogP contribution >= 0.6 is 0 Å². The molecule has 0 aromatic heterocycles. The number of carbonyl (C=O) groups excluding carboxylic acids is 3. The summed E-state index contributed by atoms with van der Waals surface area (Å²) < 4.78 is 10.3. The number of fused-ring (bicyclic) bond motifs is 1. The first kappa shape index (κ1) is 38.0. The van der Waals surface area contributed by atoms with E-state index in [0.29, 0.717) is 47.8 Å². The van der Waals surface area contributed by atoms with Crippen molar-refractivity contribution in [3.8, 4) is 5.75 Å². The minimum atomic E-state index is -0.432. The summed E-state index contributed by atoms with van der Waals surface area (Å²) in [5, 5.41) is 3.54. The Labute approximate surface area is 287 Å². The van der Waals surface area contributed by atoms with Gasteiger partial charge in [0.15, 0.2) is 5.78 Å². The van der Waals surface area contributed by atoms with Crippen LogP contribution in [0.3, 0.4) is 0 Å². The number of piperidine rings is 1. The molecule has 2 aliphatic heterocycles. The van der Waals surface area contributed by atoms with Gasteiger partial charge >= 0.3 is 5.97 Å². The van der Waals surface area contributed by atoms with Gasteiger partial charge in [0.25, 0.3) is 0 Å². The zero-order valence-corrected chi connectivity index (χ0v) is 30.1. The zero-order chi connectivity index (χ0) is 35.2. The molecule has 0 saturated carbocycles. The number of allylic oxidation sites excluding steroid dienone is 1. The highest BCUT2D eigenvalue weighted by Crippen LogP contribution is 2.34. The van der Waals surface area contributed by atoms with Crippen LogP contribution in [0.4, 0.5) is 5.69 Å². The number of ketones is 1. The van der Waals surface area contributed by atoms with Gasteiger partial charge in [-0.3, -0.25) is 14.5 Å². The van der Waals surface area contributed by atoms with E-state index in [1.54, 1.807) is 32.2 Å². The Morgan fingerprint density at radius 1 is 0.812 bits per heavy atom. The molecule has 258 valence electrons. The topological polar surface area (TPSA) is 88.2 Å². The SMILES string of the molecule is CC.CCC.COC(=O)c1ccc(/C(C(C)=O)=C(/Nc2ccc3c(c2)CN(C(=O)CN2CCCCC2)C3)c2ccc(OC)cc2)c(C)c1. The number of nitrogens with one attached hydrogen (secondary N) is 1. The van der Waals surface area contributed by atoms with Gasteiger partial charge in [-0.25, -0.2) is 4.79 Å². The molecular weight excluding hydrogens is 602 g/mol. The number of hydrogen-bond acceptors (Lipinski definition) is 7. The molecule has 1 N–H and O–H groups in total. The number of benzene rings is 3. The van der Waals surface area contributed by atoms with Crippen molar-refractivity contribution in [2.75, 3.05) is 39.2 Å². The minimum absolute atomic E-state index is 0.122. The summed E-state index contributed by atoms with van der Waals surface area (Å²) in [4.78, 5) is 42.7. The second kappa shape index (κ2) is 18.8. The molecule has 3 aromatic carbocycles. The molecule has 8 heteroatoms. The number of likely N-dealkylation sites (tertiary alicyclic amines) is 1. The molecule has 2 heterocycles. The summed E-state index contributed by atoms with van der Waals surface area (Å²) in [6.45, 7) is 15.3. The molecule has 0 bridgehead atoms. The molecule has 0 aliphatic carbocycles. The Morgan fingerprint density at radius 3 is 2.02 bits per heavy atom. The molecule has 2 aliphatic rings. The maximum absolute atomic E-state index is 13.3. The number of methoxy groups -OCH3 is 2. The van der Waals surface area contributed by atoms with Gasteiger partial charge in [-0.1, -0.05) is 52.7 Å². The fourth-order valence-corrected chi connectivity index (χ4v) is 5.93. The van der Waals surface area contributed by atoms with Crippen molar-refractivity contribution in [3.05, 3.63) is 94.0 Å². The molecule has 1 saturated heterocycles. The average Bonchev–Trinajstić information content (AvgIpc) is 3.54. The van der Waals surface area contributed by atoms with Gasteiger partial charge in [0.2, 0.25) is 5.91 Å². The van der Waals surface area contributed by atoms with Crippen molar-refractivity contribution in [1.29, 1.82) is 0 Å². The lowest BCUT2D eigenvalue weighted by Gasteiger charge is -2.27. The van der Waals surface area contributed by atoms with E-state index in [2.05, 4.69) is 36.2 Å². The Bertz CT molecular complexity index is 1570. The largest absolute Gasteiger partial charge is 0.497 e. The summed E-state index contributed by atoms with van der Waals surface area (Å²) in [5.74, 6) is 0.315. The van der Waals surface area contributed by atoms with Crippen LogP contribution in [0.5, 0.6) is 5.75 Å². The summed E-state index contributed by atoms with van der Waals surface area (Å²) in [6, 6.07) is 18.9. The molecule has 3 aromatic rings. The van der Waals surface area contributed by atoms with Gasteiger partial charge in [0, 0.05) is 24.4 Å². The first-order valence-corrected chi connectivity index (χ1v) is 17.2. The number of rotatable bonds is 9. The van der Waals surface area contributed by atoms with Crippen molar-refractivity contribution >= 4 is 34.6 Å². The first-order valence-electron chi connectivity index (χ1n) is 17.2. The number of carbonyl (C=O) groups is 3. The Hall–Kier alpha value is -4.43. The minimum Gasteiger partial charge on any atom is -0.497 e. The van der Waals surface area contributed by atoms with E-state index in [1.807, 2.05) is 56.0 Å². The highest BCUT2D eigenvalue weighted by Gasteiger charge is 2.26. The number of nitrogens with zero attached hydrogens (tertiary/aromatic N) is 2. The van der Waals surface area contributed by atoms with E-state index >= 15 is 0 Å². The van der Waals surface area contributed by atoms with Crippen LogP contribution < -0.4 is 10.1 Å². The highest BCUT2D eigenvalue weighted by atomic mass is 16.5. The highest BCUT2D eigenvalue weighted by molar-refractivity contribution is 6.28. The van der Waals surface area contributed by atoms with Gasteiger partial charge in [0.1, 0.15) is 5.75 Å². The third kappa shape index (κ3) is 9.80. The fourth-order valence-electron chi connectivity index (χ4n) is 5.93. The first-order chi connectivity index (χ1) is 23.2. The van der Waals surface area contributed by atoms with Gasteiger partial charge in [0.05, 0.1) is 32.0 Å². The van der Waals surface area contributed by atoms with E-state index in [0.717, 1.165) is 53.9 Å². The number of esters is 1. The number of anilines is 1. The lowest BCUT2D eigenvalue weighted by Crippen LogP contribution is -2.40. The van der Waals surface area contributed by atoms with Crippen LogP contribution in [0.2, 0.25) is 0 Å². The van der Waals surface area contributed by atoms with Crippen LogP contribution in [0.25, 0.3) is 11.3 Å². The van der Waals surface area contributed by atoms with E-state index < -0.39 is 5.97 Å². The fraction of sp³-hybridized carbons (Fsp3) is 0.425. The predicted octanol–water partition coefficient (Wildman–Crippen LogP) is 8.13. The third-order valence-corrected chi connectivity index (χ3v) is 8.26. The van der Waals surface area contributed by atoms with E-state index in [1.165, 1.54) is 20.0 Å². The number of ether oxygens (including phenoxy) is 2. The molecule has 8 nitrogen and oxygen atoms in total. The Balaban J connectivity index is 0.00000118. The Morgan fingerprint density at radius 2 is 1.44 bits per heavy atom. The normalized spacial score (nSPS) is 14.3. The summed E-state index contributed by atoms with van der Waals surface area (Å²) >= 11 is 0. The number of amides is 1. The van der Waals surface area contributed by atoms with Gasteiger partial charge in [-0.15, -0.1) is 0 Å². The smallest absolute Gasteiger partial charge is 0.337 e. The van der Waals surface area contributed by atoms with Crippen molar-refractivity contribution in [1.82, 2.24) is 9.80 Å². The van der Waals surface area contributed by atoms with Crippen LogP contribution in [-0.4, -0.2) is 61.3 Å². The van der Waals surface area contributed by atoms with E-state index in [4.69, 9.17) is 9.47 Å². The van der Waals surface area contributed by atoms with Crippen molar-refractivity contribution in [2.24, 2.45) is 0 Å². The number of aryl methyl sites for hydroxylation is 1. The van der Waals surface area contributed by atoms with Gasteiger partial charge in [-0.2, -0.15) is 0 Å². The standard InChI is InChI=1S/C35H39N3O5.C3H8.C2H6/c1-23-18-26(35(41)43-4)11-15-31(23)33(24(2)39)34(25-9-13-30(42-3)14-10-25)36-29-12-8-27-20-38(21-28(27)19-29)32(40)22-37-16-6-5-7-17-37;1-3-2;1-2/h8-15,18-19,36H,5-7,16-17,20-22H2,1-4H3;3H2,1-2H3;1-2H3/b34-33+;;. The van der Waals surface area contributed by atoms with Gasteiger partial charge < -0.3 is 19.7 Å². The number of Topliss-reactive ketones (excluding diaryl/α,β-unsaturated/α-hetero) is 1. The quantitative estimate of drug-likeness (QED) is 0.141. The lowest BCUT2D eigenvalue weighted by atomic mass is 9.92. The van der Waals surface area contributed by atoms with Crippen LogP contribution in [0.1, 0.15) is 98.5 Å². The summed E-state index contributed by atoms with van der Waals surface area (Å²) in [6.07, 6.45) is 4.81. The van der Waals surface area contributed by atoms with Crippen LogP contribution in [0, 0.1) is 6.92 Å². The lowest BCUT2D eigenvalue weighted by molar-refractivity contribution is -0.133. The molecule has 48 heavy (non-hydrogen) atoms. The molecule has 1 fully saturated rings. The zero-order valence-electron chi connectivity index (χ0n) is 30.1. The Kier molecular flexibility index (Phi) is 14.9. The monoisotopic (exact) mass is 655 g/mol. The third-order valence-electron chi connectivity index (χ3n) is 8.26. The number of hydrogen-bond donors (Lipinski definition) is 1. The molecular formula is C40H53N3O5. The van der Waals surface area contributed by atoms with Gasteiger partial charge in [-0.05, 0) is 116 Å². The molecule has 0 atom stereocenters. The summed E-state index contributed by atoms with van der Waals surface area (Å²) in [5.41, 5.74) is 6.90. The van der Waals surface area contributed by atoms with Crippen LogP contribution in [0.15, 0.2) is 60.7 Å². The van der Waals surface area contributed by atoms with E-state index in [-0.39, 0.29) is 11.7 Å². The van der Waals surface area contributed by atoms with Crippen LogP contribution in [-0.2, 0) is 27.4 Å². The molecule has 0 unspecified atom stereocenters. The molecule has 0 radical (unpaired) electrons. The van der Waals surface area contributed by atoms with Crippen molar-refractivity contribution < 1.29 is 23.9 Å². The van der Waals surface area contributed by atoms with Crippen molar-refractivity contribution in [2.45, 2.75) is 80.3 Å². The maximum atomic E-state index is 13.3. The van der Waals surface area contributed by atoms with Crippen molar-refractivity contribution in [3.63, 3.8) is 0 Å². The summed E-state index contributed by atoms with van der Waals surface area (Å²) in [7, 11) is 2.96. The molecule has 1 amide bonds. The molecule has 5 rings (SSSR count). The average molecular weight is 656 g/mol. The maximum Gasteiger partial charge on any atom is 0.337 e. The van der Waals surface area contributed by atoms with E-state index in [9.17, 15) is 14.4 Å². The second-order valence-electron chi connectivity index (χ2n) is 12.0. The predicted molar refractivity (Wildman–Crippen MR) is 195 cm³/mol. The molecule has 0 spiro atoms. The second-order valence-corrected chi connectivity index (χ2v) is 12.0.